The summed E-state index contributed by atoms with van der Waals surface area (Å²) in [5.41, 5.74) is -0.665. The molecule has 1 aromatic carbocycles. The van der Waals surface area contributed by atoms with E-state index in [1.165, 1.54) is 16.4 Å². The molecule has 0 spiro atoms. The molecular formula is C14H20ClF3N2O2S. The summed E-state index contributed by atoms with van der Waals surface area (Å²) in [5, 5.41) is 3.01. The third kappa shape index (κ3) is 5.34. The van der Waals surface area contributed by atoms with Gasteiger partial charge in [0.05, 0.1) is 11.3 Å². The predicted octanol–water partition coefficient (Wildman–Crippen LogP) is 2.50. The first-order chi connectivity index (χ1) is 10.2. The maximum atomic E-state index is 12.7. The van der Waals surface area contributed by atoms with Crippen LogP contribution in [-0.4, -0.2) is 39.4 Å². The Balaban J connectivity index is 0.00000264. The zero-order valence-corrected chi connectivity index (χ0v) is 14.3. The van der Waals surface area contributed by atoms with E-state index in [4.69, 9.17) is 0 Å². The summed E-state index contributed by atoms with van der Waals surface area (Å²) in [6.07, 6.45) is -3.70. The minimum absolute atomic E-state index is 0. The Kier molecular flexibility index (Phi) is 6.88. The molecule has 0 amide bonds. The molecule has 0 aromatic heterocycles. The summed E-state index contributed by atoms with van der Waals surface area (Å²) in [5.74, 6) is -0.148. The molecule has 0 aliphatic carbocycles. The average Bonchev–Trinajstić information content (AvgIpc) is 2.87. The molecule has 1 unspecified atom stereocenters. The van der Waals surface area contributed by atoms with Crippen LogP contribution in [0, 0.1) is 5.92 Å². The van der Waals surface area contributed by atoms with Crippen LogP contribution in [0.3, 0.4) is 0 Å². The van der Waals surface area contributed by atoms with Crippen molar-refractivity contribution in [3.63, 3.8) is 0 Å². The maximum Gasteiger partial charge on any atom is 0.416 e. The molecule has 132 valence electrons. The predicted molar refractivity (Wildman–Crippen MR) is 84.9 cm³/mol. The number of nitrogens with zero attached hydrogens (tertiary/aromatic N) is 1. The molecule has 23 heavy (non-hydrogen) atoms. The fourth-order valence-electron chi connectivity index (χ4n) is 2.64. The van der Waals surface area contributed by atoms with Crippen molar-refractivity contribution in [2.24, 2.45) is 5.92 Å². The van der Waals surface area contributed by atoms with Crippen LogP contribution >= 0.6 is 12.4 Å². The van der Waals surface area contributed by atoms with Crippen LogP contribution in [-0.2, 0) is 22.0 Å². The molecule has 1 aromatic rings. The second-order valence-corrected chi connectivity index (χ2v) is 7.49. The van der Waals surface area contributed by atoms with E-state index in [-0.39, 0.29) is 23.9 Å². The summed E-state index contributed by atoms with van der Waals surface area (Å²) in [6, 6.07) is 4.49. The maximum absolute atomic E-state index is 12.7. The second-order valence-electron chi connectivity index (χ2n) is 5.52. The fourth-order valence-corrected chi connectivity index (χ4v) is 4.25. The highest BCUT2D eigenvalue weighted by molar-refractivity contribution is 7.88. The molecule has 0 bridgehead atoms. The van der Waals surface area contributed by atoms with E-state index in [9.17, 15) is 21.6 Å². The van der Waals surface area contributed by atoms with Gasteiger partial charge in [-0.2, -0.15) is 13.2 Å². The topological polar surface area (TPSA) is 49.4 Å². The lowest BCUT2D eigenvalue weighted by Gasteiger charge is -2.17. The van der Waals surface area contributed by atoms with E-state index in [0.29, 0.717) is 13.1 Å². The molecular weight excluding hydrogens is 353 g/mol. The minimum atomic E-state index is -4.47. The highest BCUT2D eigenvalue weighted by atomic mass is 35.5. The zero-order chi connectivity index (χ0) is 16.4. The number of sulfonamides is 1. The smallest absolute Gasteiger partial charge is 0.319 e. The van der Waals surface area contributed by atoms with Crippen molar-refractivity contribution in [3.05, 3.63) is 35.4 Å². The molecule has 1 aliphatic heterocycles. The number of hydrogen-bond acceptors (Lipinski definition) is 3. The quantitative estimate of drug-likeness (QED) is 0.864. The molecule has 1 heterocycles. The number of rotatable bonds is 5. The van der Waals surface area contributed by atoms with Gasteiger partial charge in [-0.05, 0) is 37.6 Å². The van der Waals surface area contributed by atoms with E-state index in [0.717, 1.165) is 25.1 Å². The number of alkyl halides is 3. The molecule has 0 saturated carbocycles. The highest BCUT2D eigenvalue weighted by Crippen LogP contribution is 2.30. The molecule has 0 radical (unpaired) electrons. The van der Waals surface area contributed by atoms with Gasteiger partial charge in [0.1, 0.15) is 0 Å². The standard InChI is InChI=1S/C14H19F3N2O2S.ClH/c1-18-8-12-5-6-19(9-12)22(20,21)10-11-3-2-4-13(7-11)14(15,16)17;/h2-4,7,12,18H,5-6,8-10H2,1H3;1H. The van der Waals surface area contributed by atoms with Crippen molar-refractivity contribution in [1.82, 2.24) is 9.62 Å². The lowest BCUT2D eigenvalue weighted by atomic mass is 10.1. The molecule has 1 N–H and O–H groups in total. The van der Waals surface area contributed by atoms with Crippen LogP contribution < -0.4 is 5.32 Å². The van der Waals surface area contributed by atoms with Gasteiger partial charge in [-0.25, -0.2) is 12.7 Å². The first-order valence-corrected chi connectivity index (χ1v) is 8.62. The Morgan fingerprint density at radius 3 is 2.65 bits per heavy atom. The van der Waals surface area contributed by atoms with E-state index in [1.54, 1.807) is 7.05 Å². The van der Waals surface area contributed by atoms with Crippen LogP contribution in [0.2, 0.25) is 0 Å². The SMILES string of the molecule is CNCC1CCN(S(=O)(=O)Cc2cccc(C(F)(F)F)c2)C1.Cl. The van der Waals surface area contributed by atoms with Crippen molar-refractivity contribution in [1.29, 1.82) is 0 Å². The van der Waals surface area contributed by atoms with Gasteiger partial charge in [-0.1, -0.05) is 18.2 Å². The highest BCUT2D eigenvalue weighted by Gasteiger charge is 2.33. The molecule has 9 heteroatoms. The third-order valence-corrected chi connectivity index (χ3v) is 5.55. The number of benzene rings is 1. The normalized spacial score (nSPS) is 19.6. The molecule has 1 fully saturated rings. The molecule has 4 nitrogen and oxygen atoms in total. The molecule has 1 saturated heterocycles. The van der Waals surface area contributed by atoms with Gasteiger partial charge in [0, 0.05) is 13.1 Å². The van der Waals surface area contributed by atoms with Crippen molar-refractivity contribution in [2.75, 3.05) is 26.7 Å². The Morgan fingerprint density at radius 1 is 1.35 bits per heavy atom. The lowest BCUT2D eigenvalue weighted by Crippen LogP contribution is -2.31. The van der Waals surface area contributed by atoms with Crippen molar-refractivity contribution in [2.45, 2.75) is 18.3 Å². The second kappa shape index (κ2) is 7.83. The van der Waals surface area contributed by atoms with Crippen molar-refractivity contribution in [3.8, 4) is 0 Å². The molecule has 1 atom stereocenters. The van der Waals surface area contributed by atoms with E-state index >= 15 is 0 Å². The van der Waals surface area contributed by atoms with Gasteiger partial charge in [0.25, 0.3) is 0 Å². The third-order valence-electron chi connectivity index (χ3n) is 3.74. The zero-order valence-electron chi connectivity index (χ0n) is 12.6. The summed E-state index contributed by atoms with van der Waals surface area (Å²) >= 11 is 0. The first-order valence-electron chi connectivity index (χ1n) is 7.01. The van der Waals surface area contributed by atoms with E-state index in [2.05, 4.69) is 5.32 Å². The van der Waals surface area contributed by atoms with Crippen LogP contribution in [0.4, 0.5) is 13.2 Å². The van der Waals surface area contributed by atoms with Gasteiger partial charge < -0.3 is 5.32 Å². The Hall–Kier alpha value is -0.830. The Morgan fingerprint density at radius 2 is 2.04 bits per heavy atom. The molecule has 1 aliphatic rings. The summed E-state index contributed by atoms with van der Waals surface area (Å²) < 4.78 is 64.1. The van der Waals surface area contributed by atoms with Crippen LogP contribution in [0.15, 0.2) is 24.3 Å². The Labute approximate surface area is 140 Å². The summed E-state index contributed by atoms with van der Waals surface area (Å²) in [6.45, 7) is 1.57. The molecule has 2 rings (SSSR count). The Bertz CT molecular complexity index is 623. The van der Waals surface area contributed by atoms with Gasteiger partial charge in [-0.3, -0.25) is 0 Å². The van der Waals surface area contributed by atoms with E-state index < -0.39 is 27.5 Å². The van der Waals surface area contributed by atoms with Gasteiger partial charge in [0.15, 0.2) is 0 Å². The van der Waals surface area contributed by atoms with Gasteiger partial charge in [0.2, 0.25) is 10.0 Å². The van der Waals surface area contributed by atoms with Crippen LogP contribution in [0.5, 0.6) is 0 Å². The van der Waals surface area contributed by atoms with Gasteiger partial charge >= 0.3 is 6.18 Å². The number of nitrogens with one attached hydrogen (secondary N) is 1. The lowest BCUT2D eigenvalue weighted by molar-refractivity contribution is -0.137. The van der Waals surface area contributed by atoms with Crippen molar-refractivity contribution >= 4 is 22.4 Å². The number of hydrogen-bond donors (Lipinski definition) is 1. The largest absolute Gasteiger partial charge is 0.416 e. The van der Waals surface area contributed by atoms with Crippen LogP contribution in [0.1, 0.15) is 17.5 Å². The average molecular weight is 373 g/mol. The fraction of sp³-hybridized carbons (Fsp3) is 0.571. The number of halogens is 4. The minimum Gasteiger partial charge on any atom is -0.319 e. The monoisotopic (exact) mass is 372 g/mol. The van der Waals surface area contributed by atoms with Crippen LogP contribution in [0.25, 0.3) is 0 Å². The van der Waals surface area contributed by atoms with E-state index in [1.807, 2.05) is 0 Å². The summed E-state index contributed by atoms with van der Waals surface area (Å²) in [7, 11) is -1.78. The summed E-state index contributed by atoms with van der Waals surface area (Å²) in [4.78, 5) is 0. The first kappa shape index (κ1) is 20.2. The van der Waals surface area contributed by atoms with Crippen molar-refractivity contribution < 1.29 is 21.6 Å². The van der Waals surface area contributed by atoms with Gasteiger partial charge in [-0.15, -0.1) is 12.4 Å².